The molecule has 0 unspecified atom stereocenters. The summed E-state index contributed by atoms with van der Waals surface area (Å²) in [6.45, 7) is 4.94. The molecular weight excluding hydrogens is 520 g/mol. The Bertz CT molecular complexity index is 1270. The number of nitrogens with zero attached hydrogens (tertiary/aromatic N) is 3. The summed E-state index contributed by atoms with van der Waals surface area (Å²) in [4.78, 5) is 40.9. The van der Waals surface area contributed by atoms with Crippen LogP contribution < -0.4 is 15.8 Å². The fourth-order valence-corrected chi connectivity index (χ4v) is 3.78. The van der Waals surface area contributed by atoms with Gasteiger partial charge in [-0.2, -0.15) is 5.26 Å². The van der Waals surface area contributed by atoms with E-state index in [1.807, 2.05) is 24.3 Å². The van der Waals surface area contributed by atoms with Gasteiger partial charge in [0.1, 0.15) is 17.2 Å². The van der Waals surface area contributed by atoms with Crippen LogP contribution in [0, 0.1) is 11.3 Å². The third-order valence-electron chi connectivity index (χ3n) is 6.09. The molecule has 216 valence electrons. The molecule has 1 saturated heterocycles. The lowest BCUT2D eigenvalue weighted by Crippen LogP contribution is -2.39. The minimum atomic E-state index is -0.690. The first-order chi connectivity index (χ1) is 19.4. The van der Waals surface area contributed by atoms with Gasteiger partial charge in [0.2, 0.25) is 5.91 Å². The number of ether oxygens (including phenoxy) is 4. The minimum Gasteiger partial charge on any atom is -0.422 e. The number of anilines is 1. The quantitative estimate of drug-likeness (QED) is 0.131. The van der Waals surface area contributed by atoms with Crippen LogP contribution in [0.15, 0.2) is 39.1 Å². The molecule has 1 aromatic heterocycles. The van der Waals surface area contributed by atoms with Crippen molar-refractivity contribution in [3.8, 4) is 6.07 Å². The summed E-state index contributed by atoms with van der Waals surface area (Å²) in [5.74, 6) is -1.10. The summed E-state index contributed by atoms with van der Waals surface area (Å²) >= 11 is 0. The predicted molar refractivity (Wildman–Crippen MR) is 148 cm³/mol. The Hall–Kier alpha value is -3.76. The first-order valence-electron chi connectivity index (χ1n) is 13.1. The van der Waals surface area contributed by atoms with Crippen molar-refractivity contribution in [2.45, 2.75) is 6.42 Å². The van der Waals surface area contributed by atoms with Crippen LogP contribution in [0.2, 0.25) is 0 Å². The molecule has 3 rings (SSSR count). The lowest BCUT2D eigenvalue weighted by atomic mass is 10.1. The number of hydrogen-bond donors (Lipinski definition) is 1. The van der Waals surface area contributed by atoms with Gasteiger partial charge in [0.05, 0.1) is 58.4 Å². The molecule has 0 aliphatic carbocycles. The monoisotopic (exact) mass is 556 g/mol. The average Bonchev–Trinajstić information content (AvgIpc) is 2.91. The zero-order valence-electron chi connectivity index (χ0n) is 23.0. The summed E-state index contributed by atoms with van der Waals surface area (Å²) < 4.78 is 26.4. The molecule has 0 bridgehead atoms. The first kappa shape index (κ1) is 30.8. The molecule has 2 amide bonds. The average molecular weight is 557 g/mol. The Labute approximate surface area is 233 Å². The predicted octanol–water partition coefficient (Wildman–Crippen LogP) is 1.18. The maximum Gasteiger partial charge on any atom is 0.343 e. The van der Waals surface area contributed by atoms with Crippen molar-refractivity contribution in [2.24, 2.45) is 0 Å². The van der Waals surface area contributed by atoms with Crippen LogP contribution in [0.25, 0.3) is 17.0 Å². The Morgan fingerprint density at radius 1 is 1.07 bits per heavy atom. The molecule has 40 heavy (non-hydrogen) atoms. The second-order valence-corrected chi connectivity index (χ2v) is 9.06. The van der Waals surface area contributed by atoms with Gasteiger partial charge in [-0.05, 0) is 30.7 Å². The zero-order valence-corrected chi connectivity index (χ0v) is 23.0. The van der Waals surface area contributed by atoms with E-state index in [9.17, 15) is 19.6 Å². The van der Waals surface area contributed by atoms with Gasteiger partial charge in [0.25, 0.3) is 5.91 Å². The van der Waals surface area contributed by atoms with Gasteiger partial charge in [-0.25, -0.2) is 4.79 Å². The van der Waals surface area contributed by atoms with Crippen LogP contribution in [-0.2, 0) is 28.5 Å². The normalized spacial score (nSPS) is 13.1. The maximum absolute atomic E-state index is 12.8. The third-order valence-corrected chi connectivity index (χ3v) is 6.09. The number of amides is 2. The molecule has 0 atom stereocenters. The van der Waals surface area contributed by atoms with Crippen LogP contribution in [-0.4, -0.2) is 103 Å². The van der Waals surface area contributed by atoms with E-state index in [4.69, 9.17) is 23.4 Å². The van der Waals surface area contributed by atoms with Gasteiger partial charge in [0, 0.05) is 50.9 Å². The van der Waals surface area contributed by atoms with Gasteiger partial charge in [0.15, 0.2) is 0 Å². The van der Waals surface area contributed by atoms with Gasteiger partial charge < -0.3 is 38.5 Å². The summed E-state index contributed by atoms with van der Waals surface area (Å²) in [7, 11) is 3.01. The number of benzene rings is 1. The lowest BCUT2D eigenvalue weighted by molar-refractivity contribution is -0.131. The SMILES string of the molecule is COCCOCCOCCOCCNC(=O)CN(C)C(=O)/C(C#N)=C/c1cc2ccc(N3CCC3)cc2oc1=O. The molecule has 0 radical (unpaired) electrons. The van der Waals surface area contributed by atoms with Crippen LogP contribution >= 0.6 is 0 Å². The molecule has 1 aliphatic heterocycles. The second kappa shape index (κ2) is 16.4. The number of rotatable bonds is 17. The van der Waals surface area contributed by atoms with E-state index in [1.165, 1.54) is 13.1 Å². The van der Waals surface area contributed by atoms with Crippen LogP contribution in [0.3, 0.4) is 0 Å². The van der Waals surface area contributed by atoms with E-state index in [0.717, 1.165) is 30.1 Å². The smallest absolute Gasteiger partial charge is 0.343 e. The standard InChI is InChI=1S/C28H36N4O8/c1-31(20-26(33)30-6-9-37-12-13-39-15-14-38-11-10-36-2)27(34)23(19-29)17-22-16-21-4-5-24(32-7-3-8-32)18-25(21)40-28(22)35/h4-5,16-18H,3,6-15,20H2,1-2H3,(H,30,33)/b23-17+. The number of hydrogen-bond acceptors (Lipinski definition) is 10. The van der Waals surface area contributed by atoms with E-state index in [0.29, 0.717) is 50.6 Å². The lowest BCUT2D eigenvalue weighted by Gasteiger charge is -2.33. The highest BCUT2D eigenvalue weighted by Crippen LogP contribution is 2.25. The van der Waals surface area contributed by atoms with Gasteiger partial charge in [-0.3, -0.25) is 9.59 Å². The van der Waals surface area contributed by atoms with Crippen molar-refractivity contribution in [1.82, 2.24) is 10.2 Å². The Morgan fingerprint density at radius 3 is 2.38 bits per heavy atom. The number of fused-ring (bicyclic) bond motifs is 1. The second-order valence-electron chi connectivity index (χ2n) is 9.06. The summed E-state index contributed by atoms with van der Waals surface area (Å²) in [5.41, 5.74) is 0.549. The molecule has 12 nitrogen and oxygen atoms in total. The highest BCUT2D eigenvalue weighted by Gasteiger charge is 2.19. The maximum atomic E-state index is 12.8. The largest absolute Gasteiger partial charge is 0.422 e. The highest BCUT2D eigenvalue weighted by molar-refractivity contribution is 6.03. The van der Waals surface area contributed by atoms with Crippen LogP contribution in [0.4, 0.5) is 5.69 Å². The van der Waals surface area contributed by atoms with Crippen molar-refractivity contribution >= 4 is 34.5 Å². The summed E-state index contributed by atoms with van der Waals surface area (Å²) in [5, 5.41) is 12.9. The molecular formula is C28H36N4O8. The topological polar surface area (TPSA) is 144 Å². The van der Waals surface area contributed by atoms with E-state index in [1.54, 1.807) is 13.2 Å². The van der Waals surface area contributed by atoms with E-state index in [-0.39, 0.29) is 30.8 Å². The van der Waals surface area contributed by atoms with Crippen molar-refractivity contribution < 1.29 is 33.0 Å². The van der Waals surface area contributed by atoms with E-state index in [2.05, 4.69) is 10.2 Å². The number of nitrogens with one attached hydrogen (secondary N) is 1. The summed E-state index contributed by atoms with van der Waals surface area (Å²) in [6.07, 6.45) is 2.32. The zero-order chi connectivity index (χ0) is 28.7. The van der Waals surface area contributed by atoms with Gasteiger partial charge in [-0.15, -0.1) is 0 Å². The fourth-order valence-electron chi connectivity index (χ4n) is 3.78. The number of likely N-dealkylation sites (N-methyl/N-ethyl adjacent to an activating group) is 1. The minimum absolute atomic E-state index is 0.0756. The first-order valence-corrected chi connectivity index (χ1v) is 13.1. The van der Waals surface area contributed by atoms with Crippen LogP contribution in [0.5, 0.6) is 0 Å². The van der Waals surface area contributed by atoms with Crippen LogP contribution in [0.1, 0.15) is 12.0 Å². The molecule has 2 aromatic rings. The molecule has 1 N–H and O–H groups in total. The van der Waals surface area contributed by atoms with Gasteiger partial charge >= 0.3 is 5.63 Å². The third kappa shape index (κ3) is 9.46. The van der Waals surface area contributed by atoms with Crippen molar-refractivity contribution in [1.29, 1.82) is 5.26 Å². The molecule has 12 heteroatoms. The van der Waals surface area contributed by atoms with Crippen molar-refractivity contribution in [2.75, 3.05) is 91.5 Å². The fraction of sp³-hybridized carbons (Fsp3) is 0.500. The summed E-state index contributed by atoms with van der Waals surface area (Å²) in [6, 6.07) is 9.00. The molecule has 0 saturated carbocycles. The molecule has 0 spiro atoms. The number of carbonyl (C=O) groups is 2. The highest BCUT2D eigenvalue weighted by atomic mass is 16.6. The Morgan fingerprint density at radius 2 is 1.75 bits per heavy atom. The molecule has 2 heterocycles. The van der Waals surface area contributed by atoms with Crippen molar-refractivity contribution in [3.63, 3.8) is 0 Å². The number of carbonyl (C=O) groups excluding carboxylic acids is 2. The molecule has 1 aromatic carbocycles. The van der Waals surface area contributed by atoms with Crippen molar-refractivity contribution in [3.05, 3.63) is 45.8 Å². The number of nitriles is 1. The Kier molecular flexibility index (Phi) is 12.6. The molecule has 1 fully saturated rings. The number of methoxy groups -OCH3 is 1. The molecule has 1 aliphatic rings. The Balaban J connectivity index is 1.41. The van der Waals surface area contributed by atoms with Gasteiger partial charge in [-0.1, -0.05) is 0 Å². The van der Waals surface area contributed by atoms with E-state index < -0.39 is 17.4 Å². The van der Waals surface area contributed by atoms with E-state index >= 15 is 0 Å².